The van der Waals surface area contributed by atoms with Gasteiger partial charge in [0.2, 0.25) is 0 Å². The molecule has 0 bridgehead atoms. The summed E-state index contributed by atoms with van der Waals surface area (Å²) < 4.78 is -0.617. The first kappa shape index (κ1) is 11.8. The van der Waals surface area contributed by atoms with E-state index in [1.807, 2.05) is 12.1 Å². The van der Waals surface area contributed by atoms with Crippen LogP contribution in [0.5, 0.6) is 0 Å². The zero-order chi connectivity index (χ0) is 11.6. The van der Waals surface area contributed by atoms with E-state index < -0.39 is 10.7 Å². The fraction of sp³-hybridized carbons (Fsp3) is 0.417. The normalized spacial score (nSPS) is 18.6. The van der Waals surface area contributed by atoms with Crippen LogP contribution in [0.1, 0.15) is 25.7 Å². The van der Waals surface area contributed by atoms with Gasteiger partial charge in [-0.25, -0.2) is 0 Å². The zero-order valence-electron chi connectivity index (χ0n) is 8.78. The highest BCUT2D eigenvalue weighted by Gasteiger charge is 2.42. The zero-order valence-corrected chi connectivity index (χ0v) is 10.4. The molecule has 0 amide bonds. The number of hydrogen-bond donors (Lipinski definition) is 1. The molecule has 2 rings (SSSR count). The lowest BCUT2D eigenvalue weighted by atomic mass is 10.1. The van der Waals surface area contributed by atoms with E-state index in [0.29, 0.717) is 5.02 Å². The van der Waals surface area contributed by atoms with Crippen LogP contribution in [0.25, 0.3) is 0 Å². The summed E-state index contributed by atoms with van der Waals surface area (Å²) in [5.74, 6) is -0.690. The quantitative estimate of drug-likeness (QED) is 0.893. The third-order valence-electron chi connectivity index (χ3n) is 2.93. The van der Waals surface area contributed by atoms with Crippen molar-refractivity contribution < 1.29 is 9.90 Å². The number of halogens is 1. The highest BCUT2D eigenvalue weighted by atomic mass is 35.5. The van der Waals surface area contributed by atoms with Crippen LogP contribution in [0.2, 0.25) is 5.02 Å². The summed E-state index contributed by atoms with van der Waals surface area (Å²) >= 11 is 7.26. The molecule has 0 aliphatic heterocycles. The Hall–Kier alpha value is -0.670. The van der Waals surface area contributed by atoms with Crippen molar-refractivity contribution in [3.05, 3.63) is 29.3 Å². The summed E-state index contributed by atoms with van der Waals surface area (Å²) in [4.78, 5) is 12.3. The van der Waals surface area contributed by atoms with E-state index in [2.05, 4.69) is 0 Å². The molecule has 16 heavy (non-hydrogen) atoms. The second kappa shape index (κ2) is 4.68. The van der Waals surface area contributed by atoms with Crippen molar-refractivity contribution in [3.8, 4) is 0 Å². The van der Waals surface area contributed by atoms with Gasteiger partial charge in [0, 0.05) is 9.92 Å². The molecule has 0 radical (unpaired) electrons. The van der Waals surface area contributed by atoms with Crippen LogP contribution in [0.3, 0.4) is 0 Å². The molecule has 1 saturated carbocycles. The monoisotopic (exact) mass is 256 g/mol. The maximum Gasteiger partial charge on any atom is 0.320 e. The Bertz CT molecular complexity index is 383. The average Bonchev–Trinajstić information content (AvgIpc) is 2.71. The van der Waals surface area contributed by atoms with Crippen LogP contribution in [0.15, 0.2) is 29.2 Å². The van der Waals surface area contributed by atoms with Crippen LogP contribution < -0.4 is 0 Å². The number of thioether (sulfide) groups is 1. The van der Waals surface area contributed by atoms with Gasteiger partial charge >= 0.3 is 5.97 Å². The maximum absolute atomic E-state index is 11.3. The van der Waals surface area contributed by atoms with E-state index in [9.17, 15) is 9.90 Å². The second-order valence-electron chi connectivity index (χ2n) is 4.06. The summed E-state index contributed by atoms with van der Waals surface area (Å²) in [6.07, 6.45) is 3.53. The molecule has 0 atom stereocenters. The van der Waals surface area contributed by atoms with Gasteiger partial charge in [-0.1, -0.05) is 24.4 Å². The van der Waals surface area contributed by atoms with Crippen LogP contribution in [-0.2, 0) is 4.79 Å². The van der Waals surface area contributed by atoms with Gasteiger partial charge in [0.1, 0.15) is 4.75 Å². The lowest BCUT2D eigenvalue weighted by Crippen LogP contribution is -2.31. The van der Waals surface area contributed by atoms with Crippen LogP contribution >= 0.6 is 23.4 Å². The van der Waals surface area contributed by atoms with E-state index in [4.69, 9.17) is 11.6 Å². The van der Waals surface area contributed by atoms with E-state index in [0.717, 1.165) is 30.6 Å². The highest BCUT2D eigenvalue weighted by Crippen LogP contribution is 2.45. The molecule has 1 aliphatic rings. The van der Waals surface area contributed by atoms with E-state index in [-0.39, 0.29) is 0 Å². The van der Waals surface area contributed by atoms with Gasteiger partial charge in [-0.05, 0) is 37.1 Å². The fourth-order valence-corrected chi connectivity index (χ4v) is 3.46. The molecule has 0 aromatic heterocycles. The summed E-state index contributed by atoms with van der Waals surface area (Å²) in [6.45, 7) is 0. The molecule has 0 saturated heterocycles. The first-order chi connectivity index (χ1) is 7.62. The molecule has 1 aromatic rings. The Labute approximate surface area is 104 Å². The van der Waals surface area contributed by atoms with Gasteiger partial charge in [-0.2, -0.15) is 0 Å². The van der Waals surface area contributed by atoms with Crippen molar-refractivity contribution in [2.24, 2.45) is 0 Å². The Morgan fingerprint density at radius 3 is 2.31 bits per heavy atom. The SMILES string of the molecule is O=C(O)C1(Sc2ccc(Cl)cc2)CCCC1. The molecule has 1 aliphatic carbocycles. The minimum atomic E-state index is -0.690. The standard InChI is InChI=1S/C12H13ClO2S/c13-9-3-5-10(6-4-9)16-12(11(14)15)7-1-2-8-12/h3-6H,1-2,7-8H2,(H,14,15). The number of benzene rings is 1. The number of aliphatic carboxylic acids is 1. The molecule has 0 spiro atoms. The second-order valence-corrected chi connectivity index (χ2v) is 5.96. The van der Waals surface area contributed by atoms with Gasteiger partial charge in [-0.3, -0.25) is 4.79 Å². The highest BCUT2D eigenvalue weighted by molar-refractivity contribution is 8.01. The molecular weight excluding hydrogens is 244 g/mol. The smallest absolute Gasteiger partial charge is 0.320 e. The topological polar surface area (TPSA) is 37.3 Å². The summed E-state index contributed by atoms with van der Waals surface area (Å²) in [7, 11) is 0. The molecular formula is C12H13ClO2S. The van der Waals surface area contributed by atoms with Gasteiger partial charge < -0.3 is 5.11 Å². The Kier molecular flexibility index (Phi) is 3.45. The van der Waals surface area contributed by atoms with Crippen molar-refractivity contribution in [2.75, 3.05) is 0 Å². The lowest BCUT2D eigenvalue weighted by Gasteiger charge is -2.22. The molecule has 1 N–H and O–H groups in total. The third-order valence-corrected chi connectivity index (χ3v) is 4.66. The molecule has 0 heterocycles. The Balaban J connectivity index is 2.18. The minimum absolute atomic E-state index is 0.617. The van der Waals surface area contributed by atoms with Crippen LogP contribution in [0.4, 0.5) is 0 Å². The molecule has 2 nitrogen and oxygen atoms in total. The van der Waals surface area contributed by atoms with Gasteiger partial charge in [0.15, 0.2) is 0 Å². The largest absolute Gasteiger partial charge is 0.480 e. The summed E-state index contributed by atoms with van der Waals surface area (Å²) in [6, 6.07) is 7.37. The molecule has 0 unspecified atom stereocenters. The minimum Gasteiger partial charge on any atom is -0.480 e. The average molecular weight is 257 g/mol. The Morgan fingerprint density at radius 1 is 1.25 bits per heavy atom. The van der Waals surface area contributed by atoms with Crippen molar-refractivity contribution in [1.82, 2.24) is 0 Å². The van der Waals surface area contributed by atoms with Crippen molar-refractivity contribution in [2.45, 2.75) is 35.3 Å². The number of carboxylic acids is 1. The van der Waals surface area contributed by atoms with Crippen molar-refractivity contribution >= 4 is 29.3 Å². The van der Waals surface area contributed by atoms with Gasteiger partial charge in [0.05, 0.1) is 0 Å². The van der Waals surface area contributed by atoms with Crippen LogP contribution in [0, 0.1) is 0 Å². The molecule has 4 heteroatoms. The van der Waals surface area contributed by atoms with E-state index in [1.54, 1.807) is 12.1 Å². The van der Waals surface area contributed by atoms with E-state index in [1.165, 1.54) is 11.8 Å². The van der Waals surface area contributed by atoms with Gasteiger partial charge in [-0.15, -0.1) is 11.8 Å². The maximum atomic E-state index is 11.3. The first-order valence-corrected chi connectivity index (χ1v) is 6.50. The summed E-state index contributed by atoms with van der Waals surface area (Å²) in [5.41, 5.74) is 0. The number of hydrogen-bond acceptors (Lipinski definition) is 2. The predicted molar refractivity (Wildman–Crippen MR) is 66.1 cm³/mol. The third kappa shape index (κ3) is 2.36. The Morgan fingerprint density at radius 2 is 1.81 bits per heavy atom. The predicted octanol–water partition coefficient (Wildman–Crippen LogP) is 3.83. The van der Waals surface area contributed by atoms with Gasteiger partial charge in [0.25, 0.3) is 0 Å². The molecule has 1 fully saturated rings. The molecule has 86 valence electrons. The number of rotatable bonds is 3. The van der Waals surface area contributed by atoms with Crippen LogP contribution in [-0.4, -0.2) is 15.8 Å². The lowest BCUT2D eigenvalue weighted by molar-refractivity contribution is -0.139. The number of carbonyl (C=O) groups is 1. The van der Waals surface area contributed by atoms with Crippen molar-refractivity contribution in [1.29, 1.82) is 0 Å². The summed E-state index contributed by atoms with van der Waals surface area (Å²) in [5, 5.41) is 10.0. The van der Waals surface area contributed by atoms with E-state index >= 15 is 0 Å². The first-order valence-electron chi connectivity index (χ1n) is 5.30. The number of carboxylic acid groups (broad SMARTS) is 1. The fourth-order valence-electron chi connectivity index (χ4n) is 2.03. The molecule has 1 aromatic carbocycles. The van der Waals surface area contributed by atoms with Crippen molar-refractivity contribution in [3.63, 3.8) is 0 Å².